The van der Waals surface area contributed by atoms with Crippen LogP contribution in [0.25, 0.3) is 38.8 Å². The van der Waals surface area contributed by atoms with Crippen molar-refractivity contribution in [3.05, 3.63) is 185 Å². The molecule has 0 saturated heterocycles. The van der Waals surface area contributed by atoms with Crippen molar-refractivity contribution in [2.45, 2.75) is 43.3 Å². The SMILES string of the molecule is CN1c2ccccc2N2c3cc(C(C)(C)C)cc4c3C3(c5c(ccc6c7ccccc7n(c56)-c5cccc[n+]53)C43c4ccccc4-c4ccccc43)C12. The predicted molar refractivity (Wildman–Crippen MR) is 214 cm³/mol. The minimum absolute atomic E-state index is 0.0321. The highest BCUT2D eigenvalue weighted by Crippen LogP contribution is 2.70. The van der Waals surface area contributed by atoms with Crippen LogP contribution >= 0.6 is 0 Å². The molecule has 5 aliphatic rings. The van der Waals surface area contributed by atoms with E-state index in [-0.39, 0.29) is 11.6 Å². The van der Waals surface area contributed by atoms with Crippen molar-refractivity contribution in [3.8, 4) is 16.9 Å². The summed E-state index contributed by atoms with van der Waals surface area (Å²) in [6.07, 6.45) is 2.34. The number of anilines is 3. The lowest BCUT2D eigenvalue weighted by atomic mass is 9.55. The Morgan fingerprint density at radius 2 is 1.26 bits per heavy atom. The molecule has 0 N–H and O–H groups in total. The molecule has 2 atom stereocenters. The zero-order valence-electron chi connectivity index (χ0n) is 30.2. The number of para-hydroxylation sites is 3. The van der Waals surface area contributed by atoms with Gasteiger partial charge in [0.05, 0.1) is 34.2 Å². The number of hydrogen-bond acceptors (Lipinski definition) is 2. The summed E-state index contributed by atoms with van der Waals surface area (Å²) in [5, 5.41) is 2.61. The van der Waals surface area contributed by atoms with E-state index in [9.17, 15) is 0 Å². The molecule has 0 bridgehead atoms. The molecular formula is C49H37N4+. The maximum absolute atomic E-state index is 2.71. The van der Waals surface area contributed by atoms with E-state index in [1.807, 2.05) is 0 Å². The van der Waals surface area contributed by atoms with Crippen molar-refractivity contribution >= 4 is 38.9 Å². The standard InChI is InChI=1S/C49H37N4/c1-47(2,3)29-27-37-43-41(28-29)52-40-22-12-11-21-39(40)50(4)46(52)49(43)44-36(48(37)34-18-8-5-15-30(34)31-16-6-9-19-35(31)48)25-24-33-32-17-7-10-20-38(32)53(45(33)44)42-23-13-14-26-51(42)49/h5-28,46H,1-4H3/q+1. The Labute approximate surface area is 308 Å². The third-order valence-corrected chi connectivity index (χ3v) is 13.6. The first kappa shape index (κ1) is 28.5. The lowest BCUT2D eigenvalue weighted by Crippen LogP contribution is -2.71. The van der Waals surface area contributed by atoms with Gasteiger partial charge in [-0.15, -0.1) is 0 Å². The third kappa shape index (κ3) is 2.85. The van der Waals surface area contributed by atoms with E-state index in [0.717, 1.165) is 0 Å². The maximum Gasteiger partial charge on any atom is 0.288 e. The molecule has 4 heteroatoms. The van der Waals surface area contributed by atoms with Crippen LogP contribution in [0.1, 0.15) is 59.7 Å². The molecule has 0 fully saturated rings. The highest BCUT2D eigenvalue weighted by molar-refractivity contribution is 6.12. The van der Waals surface area contributed by atoms with Crippen LogP contribution in [0.5, 0.6) is 0 Å². The summed E-state index contributed by atoms with van der Waals surface area (Å²) < 4.78 is 5.24. The van der Waals surface area contributed by atoms with Crippen molar-refractivity contribution in [2.24, 2.45) is 0 Å². The lowest BCUT2D eigenvalue weighted by Gasteiger charge is -2.49. The van der Waals surface area contributed by atoms with Gasteiger partial charge in [-0.05, 0) is 86.8 Å². The van der Waals surface area contributed by atoms with Crippen molar-refractivity contribution in [3.63, 3.8) is 0 Å². The molecule has 252 valence electrons. The second-order valence-electron chi connectivity index (χ2n) is 16.8. The third-order valence-electron chi connectivity index (χ3n) is 13.6. The number of nitrogens with zero attached hydrogens (tertiary/aromatic N) is 4. The van der Waals surface area contributed by atoms with Crippen molar-refractivity contribution in [1.29, 1.82) is 0 Å². The van der Waals surface area contributed by atoms with Gasteiger partial charge in [-0.25, -0.2) is 4.57 Å². The van der Waals surface area contributed by atoms with Crippen molar-refractivity contribution < 1.29 is 4.57 Å². The number of pyridine rings is 1. The minimum atomic E-state index is -0.567. The fraction of sp³-hybridized carbons (Fsp3) is 0.163. The van der Waals surface area contributed by atoms with Crippen LogP contribution < -0.4 is 14.4 Å². The zero-order valence-corrected chi connectivity index (χ0v) is 30.2. The summed E-state index contributed by atoms with van der Waals surface area (Å²) >= 11 is 0. The first-order chi connectivity index (χ1) is 25.9. The molecule has 0 amide bonds. The van der Waals surface area contributed by atoms with Crippen molar-refractivity contribution in [2.75, 3.05) is 16.8 Å². The number of rotatable bonds is 0. The van der Waals surface area contributed by atoms with E-state index in [1.54, 1.807) is 0 Å². The molecule has 0 saturated carbocycles. The number of aromatic nitrogens is 2. The number of hydrogen-bond donors (Lipinski definition) is 0. The predicted octanol–water partition coefficient (Wildman–Crippen LogP) is 10.1. The molecular weight excluding hydrogens is 645 g/mol. The highest BCUT2D eigenvalue weighted by Gasteiger charge is 2.71. The Morgan fingerprint density at radius 1 is 0.585 bits per heavy atom. The molecule has 5 heterocycles. The molecule has 2 spiro atoms. The highest BCUT2D eigenvalue weighted by atomic mass is 15.5. The van der Waals surface area contributed by atoms with Crippen LogP contribution in [0.3, 0.4) is 0 Å². The summed E-state index contributed by atoms with van der Waals surface area (Å²) in [4.78, 5) is 5.29. The Hall–Kier alpha value is -6.13. The molecule has 6 aromatic carbocycles. The summed E-state index contributed by atoms with van der Waals surface area (Å²) in [5.74, 6) is 1.20. The van der Waals surface area contributed by atoms with Gasteiger partial charge in [0, 0.05) is 29.4 Å². The van der Waals surface area contributed by atoms with Gasteiger partial charge in [0.1, 0.15) is 11.0 Å². The van der Waals surface area contributed by atoms with E-state index < -0.39 is 11.0 Å². The fourth-order valence-corrected chi connectivity index (χ4v) is 11.7. The average Bonchev–Trinajstić information content (AvgIpc) is 3.88. The summed E-state index contributed by atoms with van der Waals surface area (Å²) in [6, 6.07) is 53.5. The lowest BCUT2D eigenvalue weighted by molar-refractivity contribution is -0.741. The Balaban J connectivity index is 1.36. The first-order valence-corrected chi connectivity index (χ1v) is 19.0. The van der Waals surface area contributed by atoms with Crippen molar-refractivity contribution in [1.82, 2.24) is 4.57 Å². The molecule has 4 nitrogen and oxygen atoms in total. The van der Waals surface area contributed by atoms with Crippen LogP contribution in [-0.2, 0) is 16.4 Å². The minimum Gasteiger partial charge on any atom is -0.348 e. The van der Waals surface area contributed by atoms with E-state index >= 15 is 0 Å². The maximum atomic E-state index is 2.71. The number of fused-ring (bicyclic) bond motifs is 16. The second-order valence-corrected chi connectivity index (χ2v) is 16.8. The van der Waals surface area contributed by atoms with Crippen LogP contribution in [0.4, 0.5) is 17.1 Å². The van der Waals surface area contributed by atoms with Gasteiger partial charge in [0.2, 0.25) is 5.54 Å². The van der Waals surface area contributed by atoms with Crippen LogP contribution in [0.2, 0.25) is 0 Å². The van der Waals surface area contributed by atoms with Gasteiger partial charge in [0.25, 0.3) is 5.82 Å². The Morgan fingerprint density at radius 3 is 2.04 bits per heavy atom. The van der Waals surface area contributed by atoms with Gasteiger partial charge in [-0.1, -0.05) is 112 Å². The molecule has 3 aliphatic heterocycles. The molecule has 2 aliphatic carbocycles. The molecule has 53 heavy (non-hydrogen) atoms. The second kappa shape index (κ2) is 8.90. The summed E-state index contributed by atoms with van der Waals surface area (Å²) in [7, 11) is 2.33. The zero-order chi connectivity index (χ0) is 35.2. The molecule has 13 rings (SSSR count). The summed E-state index contributed by atoms with van der Waals surface area (Å²) in [6.45, 7) is 7.13. The number of likely N-dealkylation sites (N-methyl/N-ethyl adjacent to an activating group) is 1. The smallest absolute Gasteiger partial charge is 0.288 e. The molecule has 2 unspecified atom stereocenters. The Kier molecular flexibility index (Phi) is 4.78. The van der Waals surface area contributed by atoms with Crippen LogP contribution in [-0.4, -0.2) is 17.8 Å². The van der Waals surface area contributed by atoms with E-state index in [4.69, 9.17) is 0 Å². The molecule has 0 radical (unpaired) electrons. The van der Waals surface area contributed by atoms with Gasteiger partial charge in [-0.3, -0.25) is 0 Å². The quantitative estimate of drug-likeness (QED) is 0.148. The largest absolute Gasteiger partial charge is 0.348 e. The van der Waals surface area contributed by atoms with Gasteiger partial charge in [-0.2, -0.15) is 4.57 Å². The van der Waals surface area contributed by atoms with Crippen LogP contribution in [0, 0.1) is 0 Å². The molecule has 2 aromatic heterocycles. The topological polar surface area (TPSA) is 15.3 Å². The average molecular weight is 682 g/mol. The monoisotopic (exact) mass is 681 g/mol. The van der Waals surface area contributed by atoms with Crippen LogP contribution in [0.15, 0.2) is 146 Å². The number of benzene rings is 6. The van der Waals surface area contributed by atoms with Gasteiger partial charge < -0.3 is 9.80 Å². The van der Waals surface area contributed by atoms with E-state index in [1.165, 1.54) is 94.8 Å². The normalized spacial score (nSPS) is 20.0. The van der Waals surface area contributed by atoms with E-state index in [2.05, 4.69) is 192 Å². The van der Waals surface area contributed by atoms with Gasteiger partial charge in [0.15, 0.2) is 6.17 Å². The van der Waals surface area contributed by atoms with Gasteiger partial charge >= 0.3 is 0 Å². The summed E-state index contributed by atoms with van der Waals surface area (Å²) in [5.41, 5.74) is 17.7. The van der Waals surface area contributed by atoms with E-state index in [0.29, 0.717) is 0 Å². The first-order valence-electron chi connectivity index (χ1n) is 19.0. The molecule has 8 aromatic rings. The Bertz CT molecular complexity index is 2950. The fourth-order valence-electron chi connectivity index (χ4n) is 11.7.